The van der Waals surface area contributed by atoms with Crippen molar-refractivity contribution in [2.45, 2.75) is 24.9 Å². The maximum Gasteiger partial charge on any atom is 0.313 e. The molecule has 21 heavy (non-hydrogen) atoms. The number of carboxylic acids is 1. The molecule has 2 aromatic rings. The first-order chi connectivity index (χ1) is 9.90. The van der Waals surface area contributed by atoms with Gasteiger partial charge in [0, 0.05) is 5.69 Å². The summed E-state index contributed by atoms with van der Waals surface area (Å²) in [6.45, 7) is 3.99. The lowest BCUT2D eigenvalue weighted by molar-refractivity contribution is -0.133. The summed E-state index contributed by atoms with van der Waals surface area (Å²) in [5.74, 6) is -1.29. The second kappa shape index (κ2) is 6.49. The fraction of sp³-hybridized carbons (Fsp3) is 0.286. The van der Waals surface area contributed by atoms with Crippen molar-refractivity contribution in [2.75, 3.05) is 5.75 Å². The van der Waals surface area contributed by atoms with Gasteiger partial charge in [-0.15, -0.1) is 0 Å². The molecule has 0 aliphatic rings. The number of carboxylic acid groups (broad SMARTS) is 1. The number of rotatable bonds is 5. The molecule has 1 heterocycles. The number of thioether (sulfide) groups is 1. The number of imidazole rings is 1. The zero-order valence-electron chi connectivity index (χ0n) is 11.5. The minimum absolute atomic E-state index is 0.104. The molecule has 0 saturated heterocycles. The predicted molar refractivity (Wildman–Crippen MR) is 81.0 cm³/mol. The zero-order chi connectivity index (χ0) is 15.6. The van der Waals surface area contributed by atoms with Crippen LogP contribution in [0.5, 0.6) is 0 Å². The second-order valence-corrected chi connectivity index (χ2v) is 6.08. The molecule has 7 heteroatoms. The fourth-order valence-electron chi connectivity index (χ4n) is 1.89. The van der Waals surface area contributed by atoms with E-state index in [4.69, 9.17) is 16.7 Å². The van der Waals surface area contributed by atoms with Crippen molar-refractivity contribution in [3.63, 3.8) is 0 Å². The summed E-state index contributed by atoms with van der Waals surface area (Å²) in [5, 5.41) is 9.59. The van der Waals surface area contributed by atoms with E-state index in [1.807, 2.05) is 13.8 Å². The van der Waals surface area contributed by atoms with E-state index in [0.717, 1.165) is 17.5 Å². The molecule has 0 aliphatic heterocycles. The van der Waals surface area contributed by atoms with E-state index in [2.05, 4.69) is 4.98 Å². The van der Waals surface area contributed by atoms with Crippen LogP contribution in [0, 0.1) is 5.82 Å². The first-order valence-corrected chi connectivity index (χ1v) is 7.64. The van der Waals surface area contributed by atoms with Crippen molar-refractivity contribution >= 4 is 29.3 Å². The molecular formula is C14H14ClFN2O2S. The highest BCUT2D eigenvalue weighted by molar-refractivity contribution is 7.99. The number of aromatic nitrogens is 2. The van der Waals surface area contributed by atoms with Crippen molar-refractivity contribution in [1.29, 1.82) is 0 Å². The van der Waals surface area contributed by atoms with Gasteiger partial charge in [-0.3, -0.25) is 9.36 Å². The average Bonchev–Trinajstić information content (AvgIpc) is 2.80. The van der Waals surface area contributed by atoms with E-state index >= 15 is 0 Å². The summed E-state index contributed by atoms with van der Waals surface area (Å²) in [5.41, 5.74) is 1.48. The van der Waals surface area contributed by atoms with E-state index in [0.29, 0.717) is 10.8 Å². The van der Waals surface area contributed by atoms with Crippen LogP contribution >= 0.6 is 23.4 Å². The standard InChI is InChI=1S/C14H14ClFN2O2S/c1-8(2)12-6-17-14(21-7-13(19)20)18(12)11-4-3-9(16)5-10(11)15/h3-6,8H,7H2,1-2H3,(H,19,20). The van der Waals surface area contributed by atoms with Crippen molar-refractivity contribution in [3.8, 4) is 5.69 Å². The van der Waals surface area contributed by atoms with E-state index < -0.39 is 11.8 Å². The third kappa shape index (κ3) is 3.57. The maximum atomic E-state index is 13.2. The Morgan fingerprint density at radius 3 is 2.81 bits per heavy atom. The highest BCUT2D eigenvalue weighted by Crippen LogP contribution is 2.31. The number of hydrogen-bond acceptors (Lipinski definition) is 3. The molecule has 0 unspecified atom stereocenters. The van der Waals surface area contributed by atoms with Gasteiger partial charge in [-0.2, -0.15) is 0 Å². The van der Waals surface area contributed by atoms with E-state index in [1.165, 1.54) is 12.1 Å². The van der Waals surface area contributed by atoms with Gasteiger partial charge < -0.3 is 5.11 Å². The molecule has 0 saturated carbocycles. The van der Waals surface area contributed by atoms with Crippen LogP contribution in [-0.4, -0.2) is 26.4 Å². The monoisotopic (exact) mass is 328 g/mol. The quantitative estimate of drug-likeness (QED) is 0.844. The molecule has 112 valence electrons. The smallest absolute Gasteiger partial charge is 0.313 e. The van der Waals surface area contributed by atoms with Gasteiger partial charge in [-0.05, 0) is 24.1 Å². The number of nitrogens with zero attached hydrogens (tertiary/aromatic N) is 2. The van der Waals surface area contributed by atoms with Crippen LogP contribution in [0.4, 0.5) is 4.39 Å². The lowest BCUT2D eigenvalue weighted by Crippen LogP contribution is -2.06. The molecule has 0 amide bonds. The Morgan fingerprint density at radius 1 is 1.52 bits per heavy atom. The molecule has 0 radical (unpaired) electrons. The van der Waals surface area contributed by atoms with Crippen LogP contribution in [0.25, 0.3) is 5.69 Å². The van der Waals surface area contributed by atoms with Gasteiger partial charge in [-0.1, -0.05) is 37.2 Å². The highest BCUT2D eigenvalue weighted by Gasteiger charge is 2.18. The Kier molecular flexibility index (Phi) is 4.90. The highest BCUT2D eigenvalue weighted by atomic mass is 35.5. The molecule has 4 nitrogen and oxygen atoms in total. The van der Waals surface area contributed by atoms with Crippen molar-refractivity contribution in [3.05, 3.63) is 40.9 Å². The number of aliphatic carboxylic acids is 1. The van der Waals surface area contributed by atoms with Gasteiger partial charge >= 0.3 is 5.97 Å². The largest absolute Gasteiger partial charge is 0.481 e. The Morgan fingerprint density at radius 2 is 2.24 bits per heavy atom. The molecule has 1 aromatic carbocycles. The van der Waals surface area contributed by atoms with Crippen molar-refractivity contribution in [2.24, 2.45) is 0 Å². The van der Waals surface area contributed by atoms with Crippen LogP contribution < -0.4 is 0 Å². The predicted octanol–water partition coefficient (Wildman–Crippen LogP) is 3.96. The normalized spacial score (nSPS) is 11.1. The molecule has 2 rings (SSSR count). The minimum atomic E-state index is -0.925. The Balaban J connectivity index is 2.52. The summed E-state index contributed by atoms with van der Waals surface area (Å²) in [6, 6.07) is 4.11. The molecule has 0 bridgehead atoms. The van der Waals surface area contributed by atoms with Crippen molar-refractivity contribution < 1.29 is 14.3 Å². The van der Waals surface area contributed by atoms with Gasteiger partial charge in [-0.25, -0.2) is 9.37 Å². The fourth-order valence-corrected chi connectivity index (χ4v) is 2.85. The first kappa shape index (κ1) is 15.9. The van der Waals surface area contributed by atoms with Crippen molar-refractivity contribution in [1.82, 2.24) is 9.55 Å². The van der Waals surface area contributed by atoms with Crippen LogP contribution in [-0.2, 0) is 4.79 Å². The SMILES string of the molecule is CC(C)c1cnc(SCC(=O)O)n1-c1ccc(F)cc1Cl. The third-order valence-electron chi connectivity index (χ3n) is 2.82. The lowest BCUT2D eigenvalue weighted by atomic mass is 10.1. The first-order valence-electron chi connectivity index (χ1n) is 6.27. The Labute approximate surface area is 130 Å². The number of carbonyl (C=O) groups is 1. The van der Waals surface area contributed by atoms with Crippen LogP contribution in [0.15, 0.2) is 29.6 Å². The van der Waals surface area contributed by atoms with Gasteiger partial charge in [0.1, 0.15) is 5.82 Å². The molecule has 0 fully saturated rings. The summed E-state index contributed by atoms with van der Waals surface area (Å²) in [4.78, 5) is 15.0. The zero-order valence-corrected chi connectivity index (χ0v) is 13.1. The Bertz CT molecular complexity index is 673. The summed E-state index contributed by atoms with van der Waals surface area (Å²) >= 11 is 7.22. The van der Waals surface area contributed by atoms with Crippen LogP contribution in [0.2, 0.25) is 5.02 Å². The van der Waals surface area contributed by atoms with E-state index in [1.54, 1.807) is 16.8 Å². The van der Waals surface area contributed by atoms with Crippen LogP contribution in [0.1, 0.15) is 25.5 Å². The summed E-state index contributed by atoms with van der Waals surface area (Å²) in [6.07, 6.45) is 1.69. The third-order valence-corrected chi connectivity index (χ3v) is 4.06. The molecule has 0 aliphatic carbocycles. The molecule has 1 aromatic heterocycles. The van der Waals surface area contributed by atoms with Gasteiger partial charge in [0.15, 0.2) is 5.16 Å². The maximum absolute atomic E-state index is 13.2. The second-order valence-electron chi connectivity index (χ2n) is 4.73. The minimum Gasteiger partial charge on any atom is -0.481 e. The molecule has 0 spiro atoms. The molecular weight excluding hydrogens is 315 g/mol. The Hall–Kier alpha value is -1.53. The lowest BCUT2D eigenvalue weighted by Gasteiger charge is -2.15. The van der Waals surface area contributed by atoms with Gasteiger partial charge in [0.25, 0.3) is 0 Å². The average molecular weight is 329 g/mol. The number of benzene rings is 1. The number of halogens is 2. The van der Waals surface area contributed by atoms with E-state index in [9.17, 15) is 9.18 Å². The molecule has 0 atom stereocenters. The summed E-state index contributed by atoms with van der Waals surface area (Å²) < 4.78 is 15.0. The number of hydrogen-bond donors (Lipinski definition) is 1. The van der Waals surface area contributed by atoms with E-state index in [-0.39, 0.29) is 16.7 Å². The summed E-state index contributed by atoms with van der Waals surface area (Å²) in [7, 11) is 0. The van der Waals surface area contributed by atoms with Gasteiger partial charge in [0.2, 0.25) is 0 Å². The van der Waals surface area contributed by atoms with Gasteiger partial charge in [0.05, 0.1) is 22.7 Å². The van der Waals surface area contributed by atoms with Crippen LogP contribution in [0.3, 0.4) is 0 Å². The topological polar surface area (TPSA) is 55.1 Å². The molecule has 1 N–H and O–H groups in total.